The van der Waals surface area contributed by atoms with Crippen molar-refractivity contribution in [1.29, 1.82) is 0 Å². The summed E-state index contributed by atoms with van der Waals surface area (Å²) in [6.45, 7) is 1.00. The number of carbonyl (C=O) groups is 2. The summed E-state index contributed by atoms with van der Waals surface area (Å²) < 4.78 is 14.6. The van der Waals surface area contributed by atoms with E-state index in [0.29, 0.717) is 37.1 Å². The van der Waals surface area contributed by atoms with E-state index in [1.54, 1.807) is 40.1 Å². The van der Waals surface area contributed by atoms with Crippen LogP contribution in [0.25, 0.3) is 10.9 Å². The molecule has 4 rings (SSSR count). The van der Waals surface area contributed by atoms with E-state index in [1.165, 1.54) is 22.8 Å². The highest BCUT2D eigenvalue weighted by Crippen LogP contribution is 2.12. The lowest BCUT2D eigenvalue weighted by Gasteiger charge is -2.35. The number of aromatic amines is 1. The number of H-pyrrole nitrogens is 1. The van der Waals surface area contributed by atoms with Gasteiger partial charge in [0.15, 0.2) is 0 Å². The molecule has 1 aliphatic heterocycles. The van der Waals surface area contributed by atoms with Gasteiger partial charge in [-0.2, -0.15) is 0 Å². The fourth-order valence-corrected chi connectivity index (χ4v) is 3.60. The molecule has 0 bridgehead atoms. The fourth-order valence-electron chi connectivity index (χ4n) is 3.60. The Kier molecular flexibility index (Phi) is 5.18. The lowest BCUT2D eigenvalue weighted by molar-refractivity contribution is -0.133. The van der Waals surface area contributed by atoms with Gasteiger partial charge in [0, 0.05) is 31.7 Å². The number of halogens is 1. The Bertz CT molecular complexity index is 1240. The average molecular weight is 410 g/mol. The maximum atomic E-state index is 13.4. The summed E-state index contributed by atoms with van der Waals surface area (Å²) in [4.78, 5) is 54.9. The first-order valence-corrected chi connectivity index (χ1v) is 9.48. The van der Waals surface area contributed by atoms with Crippen molar-refractivity contribution < 1.29 is 14.0 Å². The van der Waals surface area contributed by atoms with E-state index in [9.17, 15) is 23.6 Å². The number of benzene rings is 2. The number of piperazine rings is 1. The minimum Gasteiger partial charge on any atom is -0.338 e. The Labute approximate surface area is 170 Å². The Morgan fingerprint density at radius 1 is 0.933 bits per heavy atom. The molecule has 2 amide bonds. The zero-order valence-electron chi connectivity index (χ0n) is 16.0. The van der Waals surface area contributed by atoms with Crippen LogP contribution in [-0.2, 0) is 11.3 Å². The monoisotopic (exact) mass is 410 g/mol. The predicted octanol–water partition coefficient (Wildman–Crippen LogP) is 0.813. The van der Waals surface area contributed by atoms with Gasteiger partial charge in [-0.15, -0.1) is 0 Å². The molecule has 1 fully saturated rings. The molecule has 1 aromatic heterocycles. The van der Waals surface area contributed by atoms with Crippen LogP contribution in [0.3, 0.4) is 0 Å². The van der Waals surface area contributed by atoms with Crippen molar-refractivity contribution in [3.8, 4) is 0 Å². The van der Waals surface area contributed by atoms with Crippen molar-refractivity contribution in [3.05, 3.63) is 80.7 Å². The van der Waals surface area contributed by atoms with Gasteiger partial charge >= 0.3 is 5.69 Å². The Hall–Kier alpha value is -3.75. The molecule has 154 valence electrons. The van der Waals surface area contributed by atoms with Crippen LogP contribution in [0.2, 0.25) is 0 Å². The van der Waals surface area contributed by atoms with Crippen LogP contribution in [-0.4, -0.2) is 57.3 Å². The molecular weight excluding hydrogens is 391 g/mol. The van der Waals surface area contributed by atoms with Gasteiger partial charge in [-0.3, -0.25) is 23.9 Å². The van der Waals surface area contributed by atoms with Gasteiger partial charge in [0.25, 0.3) is 11.5 Å². The van der Waals surface area contributed by atoms with Crippen LogP contribution in [0.1, 0.15) is 10.4 Å². The van der Waals surface area contributed by atoms with Crippen molar-refractivity contribution in [2.75, 3.05) is 26.2 Å². The summed E-state index contributed by atoms with van der Waals surface area (Å²) in [7, 11) is 0. The smallest absolute Gasteiger partial charge is 0.329 e. The molecule has 0 spiro atoms. The van der Waals surface area contributed by atoms with E-state index in [4.69, 9.17) is 0 Å². The van der Waals surface area contributed by atoms with Crippen LogP contribution in [0.5, 0.6) is 0 Å². The van der Waals surface area contributed by atoms with Gasteiger partial charge in [0.05, 0.1) is 10.9 Å². The summed E-state index contributed by atoms with van der Waals surface area (Å²) in [5.41, 5.74) is -0.490. The number of nitrogens with zero attached hydrogens (tertiary/aromatic N) is 3. The van der Waals surface area contributed by atoms with Crippen LogP contribution in [0.4, 0.5) is 4.39 Å². The van der Waals surface area contributed by atoms with Crippen LogP contribution < -0.4 is 11.2 Å². The third-order valence-corrected chi connectivity index (χ3v) is 5.19. The molecular formula is C21H19FN4O4. The number of hydrogen-bond donors (Lipinski definition) is 1. The quantitative estimate of drug-likeness (QED) is 0.691. The zero-order valence-corrected chi connectivity index (χ0v) is 16.0. The molecule has 1 saturated heterocycles. The molecule has 2 aromatic carbocycles. The van der Waals surface area contributed by atoms with Gasteiger partial charge in [-0.1, -0.05) is 18.2 Å². The SMILES string of the molecule is O=C(Cn1c(=O)[nH]c(=O)c2ccccc21)N1CCN(C(=O)c2cccc(F)c2)CC1. The second kappa shape index (κ2) is 7.94. The molecule has 1 aliphatic rings. The number of hydrogen-bond acceptors (Lipinski definition) is 4. The van der Waals surface area contributed by atoms with Crippen LogP contribution >= 0.6 is 0 Å². The number of rotatable bonds is 3. The lowest BCUT2D eigenvalue weighted by Crippen LogP contribution is -2.51. The molecule has 1 N–H and O–H groups in total. The van der Waals surface area contributed by atoms with Gasteiger partial charge in [0.2, 0.25) is 5.91 Å². The number of fused-ring (bicyclic) bond motifs is 1. The fraction of sp³-hybridized carbons (Fsp3) is 0.238. The second-order valence-corrected chi connectivity index (χ2v) is 7.05. The highest BCUT2D eigenvalue weighted by atomic mass is 19.1. The normalized spacial score (nSPS) is 14.2. The third kappa shape index (κ3) is 3.73. The number of amides is 2. The second-order valence-electron chi connectivity index (χ2n) is 7.05. The van der Waals surface area contributed by atoms with E-state index < -0.39 is 17.1 Å². The molecule has 9 heteroatoms. The topological polar surface area (TPSA) is 95.5 Å². The van der Waals surface area contributed by atoms with Crippen molar-refractivity contribution in [2.24, 2.45) is 0 Å². The summed E-state index contributed by atoms with van der Waals surface area (Å²) in [5.74, 6) is -1.05. The molecule has 2 heterocycles. The lowest BCUT2D eigenvalue weighted by atomic mass is 10.1. The van der Waals surface area contributed by atoms with E-state index in [0.717, 1.165) is 0 Å². The minimum atomic E-state index is -0.646. The average Bonchev–Trinajstić information content (AvgIpc) is 2.76. The maximum Gasteiger partial charge on any atom is 0.329 e. The van der Waals surface area contributed by atoms with E-state index in [2.05, 4.69) is 4.98 Å². The van der Waals surface area contributed by atoms with E-state index in [-0.39, 0.29) is 23.9 Å². The Balaban J connectivity index is 1.46. The standard InChI is InChI=1S/C21H19FN4O4/c22-15-5-3-4-14(12-15)20(29)25-10-8-24(9-11-25)18(27)13-26-17-7-2-1-6-16(17)19(28)23-21(26)30/h1-7,12H,8-11,13H2,(H,23,28,30). The Morgan fingerprint density at radius 2 is 1.63 bits per heavy atom. The van der Waals surface area contributed by atoms with Gasteiger partial charge in [0.1, 0.15) is 12.4 Å². The summed E-state index contributed by atoms with van der Waals surface area (Å²) >= 11 is 0. The van der Waals surface area contributed by atoms with Crippen LogP contribution in [0, 0.1) is 5.82 Å². The first kappa shape index (κ1) is 19.6. The largest absolute Gasteiger partial charge is 0.338 e. The molecule has 0 aliphatic carbocycles. The highest BCUT2D eigenvalue weighted by Gasteiger charge is 2.25. The zero-order chi connectivity index (χ0) is 21.3. The van der Waals surface area contributed by atoms with Crippen molar-refractivity contribution in [3.63, 3.8) is 0 Å². The molecule has 0 saturated carbocycles. The minimum absolute atomic E-state index is 0.214. The third-order valence-electron chi connectivity index (χ3n) is 5.19. The summed E-state index contributed by atoms with van der Waals surface area (Å²) in [5, 5.41) is 0.329. The summed E-state index contributed by atoms with van der Waals surface area (Å²) in [6, 6.07) is 12.1. The molecule has 8 nitrogen and oxygen atoms in total. The molecule has 30 heavy (non-hydrogen) atoms. The van der Waals surface area contributed by atoms with Crippen molar-refractivity contribution in [2.45, 2.75) is 6.54 Å². The molecule has 0 radical (unpaired) electrons. The number of nitrogens with one attached hydrogen (secondary N) is 1. The molecule has 0 atom stereocenters. The highest BCUT2D eigenvalue weighted by molar-refractivity contribution is 5.94. The number of aromatic nitrogens is 2. The first-order chi connectivity index (χ1) is 14.4. The van der Waals surface area contributed by atoms with Gasteiger partial charge in [-0.25, -0.2) is 9.18 Å². The van der Waals surface area contributed by atoms with Gasteiger partial charge < -0.3 is 9.80 Å². The number of para-hydroxylation sites is 1. The van der Waals surface area contributed by atoms with E-state index >= 15 is 0 Å². The van der Waals surface area contributed by atoms with Crippen molar-refractivity contribution in [1.82, 2.24) is 19.4 Å². The summed E-state index contributed by atoms with van der Waals surface area (Å²) in [6.07, 6.45) is 0. The van der Waals surface area contributed by atoms with E-state index in [1.807, 2.05) is 0 Å². The first-order valence-electron chi connectivity index (χ1n) is 9.48. The van der Waals surface area contributed by atoms with Crippen molar-refractivity contribution >= 4 is 22.7 Å². The maximum absolute atomic E-state index is 13.4. The molecule has 0 unspecified atom stereocenters. The predicted molar refractivity (Wildman–Crippen MR) is 108 cm³/mol. The Morgan fingerprint density at radius 3 is 2.37 bits per heavy atom. The molecule has 3 aromatic rings. The number of carbonyl (C=O) groups excluding carboxylic acids is 2. The van der Waals surface area contributed by atoms with Crippen LogP contribution in [0.15, 0.2) is 58.1 Å². The van der Waals surface area contributed by atoms with Gasteiger partial charge in [-0.05, 0) is 30.3 Å².